The van der Waals surface area contributed by atoms with Crippen LogP contribution in [0.1, 0.15) is 56.2 Å². The Bertz CT molecular complexity index is 990. The first-order valence-corrected chi connectivity index (χ1v) is 11.0. The largest absolute Gasteiger partial charge is 0.423 e. The van der Waals surface area contributed by atoms with Gasteiger partial charge in [0, 0.05) is 17.7 Å². The monoisotopic (exact) mass is 501 g/mol. The molecule has 1 atom stereocenters. The van der Waals surface area contributed by atoms with Gasteiger partial charge in [0.15, 0.2) is 5.82 Å². The van der Waals surface area contributed by atoms with E-state index < -0.39 is 24.0 Å². The topological polar surface area (TPSA) is 83.6 Å². The van der Waals surface area contributed by atoms with Crippen molar-refractivity contribution in [2.24, 2.45) is 0 Å². The summed E-state index contributed by atoms with van der Waals surface area (Å²) in [6.07, 6.45) is -1.28. The van der Waals surface area contributed by atoms with Gasteiger partial charge in [0.1, 0.15) is 0 Å². The van der Waals surface area contributed by atoms with Crippen LogP contribution in [0.25, 0.3) is 11.1 Å². The van der Waals surface area contributed by atoms with E-state index in [0.717, 1.165) is 29.5 Å². The first-order valence-electron chi connectivity index (χ1n) is 9.39. The molecule has 0 fully saturated rings. The fraction of sp³-hybridized carbons (Fsp3) is 0.474. The van der Waals surface area contributed by atoms with Gasteiger partial charge in [-0.1, -0.05) is 32.1 Å². The highest BCUT2D eigenvalue weighted by Crippen LogP contribution is 2.45. The molecule has 0 radical (unpaired) electrons. The van der Waals surface area contributed by atoms with Crippen molar-refractivity contribution in [3.8, 4) is 11.8 Å². The summed E-state index contributed by atoms with van der Waals surface area (Å²) in [7, 11) is 0. The Kier molecular flexibility index (Phi) is 6.98. The Morgan fingerprint density at radius 3 is 2.70 bits per heavy atom. The van der Waals surface area contributed by atoms with E-state index >= 15 is 0 Å². The molecule has 2 aromatic heterocycles. The van der Waals surface area contributed by atoms with E-state index in [1.165, 1.54) is 11.3 Å². The van der Waals surface area contributed by atoms with E-state index in [0.29, 0.717) is 11.3 Å². The molecule has 1 aliphatic heterocycles. The normalized spacial score (nSPS) is 19.4. The zero-order valence-electron chi connectivity index (χ0n) is 16.1. The van der Waals surface area contributed by atoms with Crippen molar-refractivity contribution in [1.29, 1.82) is 0 Å². The minimum Gasteiger partial charge on any atom is -0.328 e. The van der Waals surface area contributed by atoms with Gasteiger partial charge in [-0.2, -0.15) is 13.2 Å². The first-order chi connectivity index (χ1) is 14.3. The highest BCUT2D eigenvalue weighted by atomic mass is 79.9. The lowest BCUT2D eigenvalue weighted by molar-refractivity contribution is -0.180. The second-order valence-electron chi connectivity index (χ2n) is 6.85. The van der Waals surface area contributed by atoms with Crippen LogP contribution in [-0.4, -0.2) is 38.2 Å². The molecule has 1 aliphatic rings. The quantitative estimate of drug-likeness (QED) is 0.442. The minimum absolute atomic E-state index is 0.00956. The smallest absolute Gasteiger partial charge is 0.328 e. The summed E-state index contributed by atoms with van der Waals surface area (Å²) in [6.45, 7) is 2.06. The van der Waals surface area contributed by atoms with E-state index in [4.69, 9.17) is 0 Å². The summed E-state index contributed by atoms with van der Waals surface area (Å²) in [4.78, 5) is 13.4. The third kappa shape index (κ3) is 4.75. The third-order valence-electron chi connectivity index (χ3n) is 4.69. The van der Waals surface area contributed by atoms with Gasteiger partial charge in [0.2, 0.25) is 5.54 Å². The van der Waals surface area contributed by atoms with Gasteiger partial charge in [-0.3, -0.25) is 4.79 Å². The number of rotatable bonds is 6. The van der Waals surface area contributed by atoms with Gasteiger partial charge >= 0.3 is 6.18 Å². The van der Waals surface area contributed by atoms with E-state index in [1.54, 1.807) is 12.1 Å². The van der Waals surface area contributed by atoms with Crippen LogP contribution >= 0.6 is 27.3 Å². The number of nitrogens with one attached hydrogen (secondary N) is 2. The summed E-state index contributed by atoms with van der Waals surface area (Å²) in [6, 6.07) is 3.37. The maximum Gasteiger partial charge on any atom is 0.423 e. The predicted molar refractivity (Wildman–Crippen MR) is 111 cm³/mol. The van der Waals surface area contributed by atoms with Crippen LogP contribution in [0.4, 0.5) is 13.2 Å². The van der Waals surface area contributed by atoms with Crippen molar-refractivity contribution in [3.05, 3.63) is 26.6 Å². The number of halogens is 4. The van der Waals surface area contributed by atoms with Crippen molar-refractivity contribution in [2.45, 2.75) is 57.2 Å². The number of amides is 1. The number of carbonyl (C=O) groups excluding carboxylic acids is 1. The maximum absolute atomic E-state index is 14.2. The summed E-state index contributed by atoms with van der Waals surface area (Å²) >= 11 is 4.55. The molecule has 3 heterocycles. The molecule has 2 N–H and O–H groups in total. The number of thiophene rings is 1. The first kappa shape index (κ1) is 22.5. The maximum atomic E-state index is 14.2. The molecule has 1 amide bonds. The second-order valence-corrected chi connectivity index (χ2v) is 9.32. The Hall–Kier alpha value is -2.19. The number of hydrogen-bond acceptors (Lipinski definition) is 5. The highest BCUT2D eigenvalue weighted by Gasteiger charge is 2.58. The predicted octanol–water partition coefficient (Wildman–Crippen LogP) is 4.73. The molecule has 0 saturated heterocycles. The van der Waals surface area contributed by atoms with Gasteiger partial charge in [-0.05, 0) is 50.5 Å². The molecule has 2 aromatic rings. The Labute approximate surface area is 183 Å². The average molecular weight is 502 g/mol. The number of aromatic nitrogens is 4. The molecule has 0 bridgehead atoms. The van der Waals surface area contributed by atoms with Gasteiger partial charge in [0.25, 0.3) is 5.91 Å². The number of aromatic amines is 1. The molecule has 0 aromatic carbocycles. The van der Waals surface area contributed by atoms with Crippen LogP contribution in [0.3, 0.4) is 0 Å². The molecular formula is C19H19BrF3N5OS. The van der Waals surface area contributed by atoms with Gasteiger partial charge in [0.05, 0.1) is 9.36 Å². The number of tetrazole rings is 1. The lowest BCUT2D eigenvalue weighted by Gasteiger charge is -2.36. The Balaban J connectivity index is 2.03. The molecule has 0 aliphatic carbocycles. The fourth-order valence-electron chi connectivity index (χ4n) is 3.16. The molecular weight excluding hydrogens is 483 g/mol. The fourth-order valence-corrected chi connectivity index (χ4v) is 4.60. The van der Waals surface area contributed by atoms with Crippen LogP contribution in [0.15, 0.2) is 15.9 Å². The van der Waals surface area contributed by atoms with Crippen molar-refractivity contribution >= 4 is 44.3 Å². The van der Waals surface area contributed by atoms with Crippen LogP contribution in [0, 0.1) is 11.8 Å². The second kappa shape index (κ2) is 9.31. The van der Waals surface area contributed by atoms with Crippen LogP contribution < -0.4 is 5.32 Å². The lowest BCUT2D eigenvalue weighted by atomic mass is 9.83. The standard InChI is InChI=1S/C19H19BrF3N5OS/c1-2-3-4-5-6-7-10-18(19(21,22)23)11-12(13-8-9-14(20)30-13)15(17(29)24-18)16-25-27-28-26-16/h8-9H,2-6,11H2,1H3,(H,24,29)(H,25,26,27,28)/t18-/m1/s1. The third-order valence-corrected chi connectivity index (χ3v) is 6.37. The van der Waals surface area contributed by atoms with Gasteiger partial charge < -0.3 is 5.32 Å². The zero-order chi connectivity index (χ0) is 21.8. The molecule has 160 valence electrons. The molecule has 6 nitrogen and oxygen atoms in total. The summed E-state index contributed by atoms with van der Waals surface area (Å²) in [5.74, 6) is 4.08. The summed E-state index contributed by atoms with van der Waals surface area (Å²) < 4.78 is 43.2. The Morgan fingerprint density at radius 2 is 2.10 bits per heavy atom. The number of nitrogens with zero attached hydrogens (tertiary/aromatic N) is 3. The molecule has 30 heavy (non-hydrogen) atoms. The molecule has 0 unspecified atom stereocenters. The molecule has 3 rings (SSSR count). The lowest BCUT2D eigenvalue weighted by Crippen LogP contribution is -2.60. The van der Waals surface area contributed by atoms with Crippen molar-refractivity contribution < 1.29 is 18.0 Å². The van der Waals surface area contributed by atoms with Gasteiger partial charge in [-0.25, -0.2) is 5.10 Å². The van der Waals surface area contributed by atoms with E-state index in [9.17, 15) is 18.0 Å². The van der Waals surface area contributed by atoms with Crippen molar-refractivity contribution in [3.63, 3.8) is 0 Å². The zero-order valence-corrected chi connectivity index (χ0v) is 18.5. The number of alkyl halides is 3. The number of hydrogen-bond donors (Lipinski definition) is 2. The molecule has 0 saturated carbocycles. The molecule has 0 spiro atoms. The summed E-state index contributed by atoms with van der Waals surface area (Å²) in [5, 5.41) is 15.2. The van der Waals surface area contributed by atoms with E-state index in [2.05, 4.69) is 60.6 Å². The van der Waals surface area contributed by atoms with E-state index in [-0.39, 0.29) is 17.0 Å². The number of carbonyl (C=O) groups is 1. The van der Waals surface area contributed by atoms with Crippen molar-refractivity contribution in [1.82, 2.24) is 25.9 Å². The van der Waals surface area contributed by atoms with Crippen LogP contribution in [0.5, 0.6) is 0 Å². The minimum atomic E-state index is -4.76. The van der Waals surface area contributed by atoms with Gasteiger partial charge in [-0.15, -0.1) is 22.4 Å². The van der Waals surface area contributed by atoms with E-state index in [1.807, 2.05) is 0 Å². The summed E-state index contributed by atoms with van der Waals surface area (Å²) in [5.41, 5.74) is -2.48. The van der Waals surface area contributed by atoms with Crippen LogP contribution in [0.2, 0.25) is 0 Å². The number of H-pyrrole nitrogens is 1. The Morgan fingerprint density at radius 1 is 1.30 bits per heavy atom. The van der Waals surface area contributed by atoms with Crippen molar-refractivity contribution in [2.75, 3.05) is 0 Å². The SMILES string of the molecule is CCCCCCC#C[C@]1(C(F)(F)F)CC(c2ccc(Br)s2)=C(c2nnn[nH]2)C(=O)N1. The average Bonchev–Trinajstić information content (AvgIpc) is 3.35. The van der Waals surface area contributed by atoms with Crippen LogP contribution in [-0.2, 0) is 4.79 Å². The molecule has 11 heteroatoms. The highest BCUT2D eigenvalue weighted by molar-refractivity contribution is 9.11. The number of unbranched alkanes of at least 4 members (excludes halogenated alkanes) is 4.